The third-order valence-corrected chi connectivity index (χ3v) is 2.59. The van der Waals surface area contributed by atoms with E-state index in [0.717, 1.165) is 0 Å². The van der Waals surface area contributed by atoms with Gasteiger partial charge in [-0.3, -0.25) is 0 Å². The number of aryl methyl sites for hydroxylation is 1. The SMILES string of the molecule is Cc1cc(I)c(CC#N)nc1OC(F)(F)F. The normalized spacial score (nSPS) is 11.0. The van der Waals surface area contributed by atoms with Crippen molar-refractivity contribution >= 4 is 22.6 Å². The molecule has 0 unspecified atom stereocenters. The first kappa shape index (κ1) is 13.0. The quantitative estimate of drug-likeness (QED) is 0.777. The molecule has 0 atom stereocenters. The summed E-state index contributed by atoms with van der Waals surface area (Å²) in [5.74, 6) is -0.502. The highest BCUT2D eigenvalue weighted by Gasteiger charge is 2.32. The molecule has 16 heavy (non-hydrogen) atoms. The molecule has 1 heterocycles. The van der Waals surface area contributed by atoms with Crippen LogP contribution in [-0.2, 0) is 6.42 Å². The fourth-order valence-corrected chi connectivity index (χ4v) is 1.79. The highest BCUT2D eigenvalue weighted by Crippen LogP contribution is 2.26. The number of rotatable bonds is 2. The summed E-state index contributed by atoms with van der Waals surface area (Å²) in [6.07, 6.45) is -4.82. The van der Waals surface area contributed by atoms with E-state index in [-0.39, 0.29) is 17.7 Å². The van der Waals surface area contributed by atoms with Crippen LogP contribution in [0, 0.1) is 21.8 Å². The number of ether oxygens (including phenoxy) is 1. The third kappa shape index (κ3) is 3.52. The Morgan fingerprint density at radius 3 is 2.69 bits per heavy atom. The first-order valence-corrected chi connectivity index (χ1v) is 5.20. The molecule has 0 spiro atoms. The summed E-state index contributed by atoms with van der Waals surface area (Å²) < 4.78 is 40.4. The standard InChI is InChI=1S/C9H6F3IN2O/c1-5-4-6(13)7(2-3-14)15-8(5)16-9(10,11)12/h4H,2H2,1H3. The maximum Gasteiger partial charge on any atom is 0.574 e. The van der Waals surface area contributed by atoms with Crippen molar-refractivity contribution in [3.63, 3.8) is 0 Å². The minimum absolute atomic E-state index is 0.0488. The van der Waals surface area contributed by atoms with Crippen molar-refractivity contribution in [2.45, 2.75) is 19.7 Å². The molecule has 0 amide bonds. The lowest BCUT2D eigenvalue weighted by molar-refractivity contribution is -0.276. The average molecular weight is 342 g/mol. The second-order valence-electron chi connectivity index (χ2n) is 2.92. The van der Waals surface area contributed by atoms with Crippen molar-refractivity contribution in [1.82, 2.24) is 4.98 Å². The van der Waals surface area contributed by atoms with Crippen molar-refractivity contribution in [2.75, 3.05) is 0 Å². The Bertz CT molecular complexity index is 440. The number of nitriles is 1. The van der Waals surface area contributed by atoms with Gasteiger partial charge >= 0.3 is 6.36 Å². The molecule has 7 heteroatoms. The van der Waals surface area contributed by atoms with Crippen LogP contribution in [0.15, 0.2) is 6.07 Å². The lowest BCUT2D eigenvalue weighted by Gasteiger charge is -2.11. The van der Waals surface area contributed by atoms with Gasteiger partial charge in [0.05, 0.1) is 18.2 Å². The van der Waals surface area contributed by atoms with E-state index in [2.05, 4.69) is 9.72 Å². The fraction of sp³-hybridized carbons (Fsp3) is 0.333. The van der Waals surface area contributed by atoms with Gasteiger partial charge < -0.3 is 4.74 Å². The number of pyridine rings is 1. The van der Waals surface area contributed by atoms with Gasteiger partial charge in [-0.15, -0.1) is 13.2 Å². The molecular formula is C9H6F3IN2O. The van der Waals surface area contributed by atoms with Crippen LogP contribution >= 0.6 is 22.6 Å². The smallest absolute Gasteiger partial charge is 0.388 e. The molecule has 1 rings (SSSR count). The van der Waals surface area contributed by atoms with Gasteiger partial charge in [0.1, 0.15) is 0 Å². The molecule has 0 N–H and O–H groups in total. The van der Waals surface area contributed by atoms with Crippen molar-refractivity contribution in [3.05, 3.63) is 20.9 Å². The van der Waals surface area contributed by atoms with E-state index in [0.29, 0.717) is 3.57 Å². The molecule has 86 valence electrons. The predicted molar refractivity (Wildman–Crippen MR) is 57.7 cm³/mol. The Morgan fingerprint density at radius 2 is 2.19 bits per heavy atom. The Kier molecular flexibility index (Phi) is 3.96. The Balaban J connectivity index is 3.10. The van der Waals surface area contributed by atoms with Crippen molar-refractivity contribution in [1.29, 1.82) is 5.26 Å². The summed E-state index contributed by atoms with van der Waals surface area (Å²) >= 11 is 1.91. The van der Waals surface area contributed by atoms with Crippen LogP contribution in [-0.4, -0.2) is 11.3 Å². The van der Waals surface area contributed by atoms with E-state index in [1.54, 1.807) is 0 Å². The maximum atomic E-state index is 12.0. The molecule has 1 aromatic rings. The largest absolute Gasteiger partial charge is 0.574 e. The van der Waals surface area contributed by atoms with Crippen molar-refractivity contribution < 1.29 is 17.9 Å². The van der Waals surface area contributed by atoms with Crippen LogP contribution in [0.25, 0.3) is 0 Å². The Morgan fingerprint density at radius 1 is 1.56 bits per heavy atom. The lowest BCUT2D eigenvalue weighted by atomic mass is 10.2. The first-order valence-electron chi connectivity index (χ1n) is 4.12. The van der Waals surface area contributed by atoms with Gasteiger partial charge in [-0.1, -0.05) is 0 Å². The molecule has 1 aromatic heterocycles. The molecule has 0 bridgehead atoms. The molecule has 3 nitrogen and oxygen atoms in total. The van der Waals surface area contributed by atoms with Gasteiger partial charge in [-0.05, 0) is 35.6 Å². The van der Waals surface area contributed by atoms with E-state index in [9.17, 15) is 13.2 Å². The van der Waals surface area contributed by atoms with E-state index < -0.39 is 12.2 Å². The minimum atomic E-state index is -4.77. The molecule has 0 saturated carbocycles. The van der Waals surface area contributed by atoms with Crippen molar-refractivity contribution in [3.8, 4) is 11.9 Å². The summed E-state index contributed by atoms with van der Waals surface area (Å²) in [5, 5.41) is 8.48. The van der Waals surface area contributed by atoms with Gasteiger partial charge in [0.15, 0.2) is 0 Å². The van der Waals surface area contributed by atoms with Crippen LogP contribution in [0.3, 0.4) is 0 Å². The molecule has 0 saturated heterocycles. The molecule has 0 radical (unpaired) electrons. The number of alkyl halides is 3. The summed E-state index contributed by atoms with van der Waals surface area (Å²) in [7, 11) is 0. The Labute approximate surface area is 103 Å². The van der Waals surface area contributed by atoms with Crippen LogP contribution in [0.4, 0.5) is 13.2 Å². The van der Waals surface area contributed by atoms with Crippen LogP contribution in [0.2, 0.25) is 0 Å². The van der Waals surface area contributed by atoms with E-state index in [1.165, 1.54) is 13.0 Å². The number of hydrogen-bond acceptors (Lipinski definition) is 3. The fourth-order valence-electron chi connectivity index (χ4n) is 1.01. The summed E-state index contributed by atoms with van der Waals surface area (Å²) in [4.78, 5) is 3.67. The molecular weight excluding hydrogens is 336 g/mol. The van der Waals surface area contributed by atoms with Crippen LogP contribution < -0.4 is 4.74 Å². The summed E-state index contributed by atoms with van der Waals surface area (Å²) in [6, 6.07) is 3.33. The van der Waals surface area contributed by atoms with E-state index in [4.69, 9.17) is 5.26 Å². The molecule has 0 aromatic carbocycles. The molecule has 0 aliphatic rings. The van der Waals surface area contributed by atoms with Gasteiger partial charge in [0.25, 0.3) is 0 Å². The van der Waals surface area contributed by atoms with Crippen LogP contribution in [0.5, 0.6) is 5.88 Å². The van der Waals surface area contributed by atoms with E-state index >= 15 is 0 Å². The number of hydrogen-bond donors (Lipinski definition) is 0. The number of nitrogens with zero attached hydrogens (tertiary/aromatic N) is 2. The number of aromatic nitrogens is 1. The van der Waals surface area contributed by atoms with E-state index in [1.807, 2.05) is 28.7 Å². The number of halogens is 4. The Hall–Kier alpha value is -1.04. The van der Waals surface area contributed by atoms with Crippen LogP contribution in [0.1, 0.15) is 11.3 Å². The monoisotopic (exact) mass is 342 g/mol. The topological polar surface area (TPSA) is 45.9 Å². The predicted octanol–water partition coefficient (Wildman–Crippen LogP) is 2.96. The second kappa shape index (κ2) is 4.86. The average Bonchev–Trinajstić information content (AvgIpc) is 2.11. The molecule has 0 fully saturated rings. The van der Waals surface area contributed by atoms with Gasteiger partial charge in [0, 0.05) is 9.13 Å². The zero-order valence-electron chi connectivity index (χ0n) is 8.10. The highest BCUT2D eigenvalue weighted by atomic mass is 127. The minimum Gasteiger partial charge on any atom is -0.388 e. The molecule has 0 aliphatic carbocycles. The lowest BCUT2D eigenvalue weighted by Crippen LogP contribution is -2.19. The third-order valence-electron chi connectivity index (χ3n) is 1.65. The van der Waals surface area contributed by atoms with Crippen molar-refractivity contribution in [2.24, 2.45) is 0 Å². The molecule has 0 aliphatic heterocycles. The zero-order chi connectivity index (χ0) is 12.3. The van der Waals surface area contributed by atoms with Gasteiger partial charge in [-0.2, -0.15) is 5.26 Å². The second-order valence-corrected chi connectivity index (χ2v) is 4.08. The summed E-state index contributed by atoms with van der Waals surface area (Å²) in [6.45, 7) is 1.46. The van der Waals surface area contributed by atoms with Gasteiger partial charge in [-0.25, -0.2) is 4.98 Å². The first-order chi connectivity index (χ1) is 7.33. The highest BCUT2D eigenvalue weighted by molar-refractivity contribution is 14.1. The summed E-state index contributed by atoms with van der Waals surface area (Å²) in [5.41, 5.74) is 0.566. The maximum absolute atomic E-state index is 12.0. The zero-order valence-corrected chi connectivity index (χ0v) is 10.3. The van der Waals surface area contributed by atoms with Gasteiger partial charge in [0.2, 0.25) is 5.88 Å².